The van der Waals surface area contributed by atoms with Crippen LogP contribution in [0.15, 0.2) is 73.2 Å². The molecule has 0 radical (unpaired) electrons. The molecule has 0 unspecified atom stereocenters. The molecule has 1 aromatic carbocycles. The maximum atomic E-state index is 12.0. The van der Waals surface area contributed by atoms with Crippen molar-refractivity contribution >= 4 is 6.03 Å². The van der Waals surface area contributed by atoms with Gasteiger partial charge in [-0.2, -0.15) is 0 Å². The predicted molar refractivity (Wildman–Crippen MR) is 97.9 cm³/mol. The summed E-state index contributed by atoms with van der Waals surface area (Å²) in [6, 6.07) is 17.6. The Bertz CT molecular complexity index is 806. The molecule has 25 heavy (non-hydrogen) atoms. The molecular weight excluding hydrogens is 312 g/mol. The topological polar surface area (TPSA) is 66.9 Å². The number of nitrogens with one attached hydrogen (secondary N) is 2. The van der Waals surface area contributed by atoms with Gasteiger partial charge >= 0.3 is 6.03 Å². The molecule has 3 aromatic rings. The second-order valence-electron chi connectivity index (χ2n) is 5.60. The molecule has 0 fully saturated rings. The van der Waals surface area contributed by atoms with Crippen LogP contribution < -0.4 is 10.6 Å². The number of nitrogens with zero attached hydrogens (tertiary/aromatic N) is 2. The number of rotatable bonds is 6. The molecule has 5 nitrogen and oxygen atoms in total. The van der Waals surface area contributed by atoms with Crippen molar-refractivity contribution in [3.8, 4) is 11.3 Å². The van der Waals surface area contributed by atoms with E-state index in [1.807, 2.05) is 42.5 Å². The van der Waals surface area contributed by atoms with Gasteiger partial charge in [0.05, 0.1) is 5.69 Å². The van der Waals surface area contributed by atoms with E-state index < -0.39 is 0 Å². The molecule has 0 bridgehead atoms. The third-order valence-electron chi connectivity index (χ3n) is 3.81. The number of urea groups is 1. The molecule has 0 saturated heterocycles. The van der Waals surface area contributed by atoms with Crippen molar-refractivity contribution in [1.29, 1.82) is 0 Å². The van der Waals surface area contributed by atoms with E-state index in [0.717, 1.165) is 23.2 Å². The third-order valence-corrected chi connectivity index (χ3v) is 3.81. The summed E-state index contributed by atoms with van der Waals surface area (Å²) in [4.78, 5) is 20.5. The van der Waals surface area contributed by atoms with Crippen molar-refractivity contribution in [1.82, 2.24) is 20.6 Å². The Kier molecular flexibility index (Phi) is 5.72. The molecule has 2 N–H and O–H groups in total. The standard InChI is InChI=1S/C20H20N4O/c25-20(23-13-10-16-6-2-1-3-7-16)24-15-18-9-5-12-22-19(18)17-8-4-11-21-14-17/h1-9,11-12,14H,10,13,15H2,(H2,23,24,25). The zero-order valence-electron chi connectivity index (χ0n) is 13.9. The van der Waals surface area contributed by atoms with Gasteiger partial charge in [0.15, 0.2) is 0 Å². The Hall–Kier alpha value is -3.21. The lowest BCUT2D eigenvalue weighted by atomic mass is 10.1. The summed E-state index contributed by atoms with van der Waals surface area (Å²) in [5.41, 5.74) is 3.92. The molecule has 0 spiro atoms. The number of amides is 2. The summed E-state index contributed by atoms with van der Waals surface area (Å²) >= 11 is 0. The molecule has 2 amide bonds. The van der Waals surface area contributed by atoms with Gasteiger partial charge in [0.2, 0.25) is 0 Å². The first-order chi connectivity index (χ1) is 12.3. The molecule has 0 aliphatic rings. The number of pyridine rings is 2. The summed E-state index contributed by atoms with van der Waals surface area (Å²) in [6.45, 7) is 1.01. The van der Waals surface area contributed by atoms with Crippen molar-refractivity contribution in [3.05, 3.63) is 84.3 Å². The van der Waals surface area contributed by atoms with Gasteiger partial charge in [-0.05, 0) is 35.7 Å². The average molecular weight is 332 g/mol. The lowest BCUT2D eigenvalue weighted by Crippen LogP contribution is -2.36. The van der Waals surface area contributed by atoms with Crippen LogP contribution >= 0.6 is 0 Å². The van der Waals surface area contributed by atoms with Crippen LogP contribution in [0.2, 0.25) is 0 Å². The van der Waals surface area contributed by atoms with Crippen molar-refractivity contribution in [2.45, 2.75) is 13.0 Å². The lowest BCUT2D eigenvalue weighted by molar-refractivity contribution is 0.240. The number of benzene rings is 1. The fraction of sp³-hybridized carbons (Fsp3) is 0.150. The normalized spacial score (nSPS) is 10.2. The molecule has 0 saturated carbocycles. The zero-order chi connectivity index (χ0) is 17.3. The molecular formula is C20H20N4O. The molecule has 5 heteroatoms. The molecule has 2 aromatic heterocycles. The lowest BCUT2D eigenvalue weighted by Gasteiger charge is -2.11. The Balaban J connectivity index is 1.52. The Morgan fingerprint density at radius 3 is 2.56 bits per heavy atom. The number of carbonyl (C=O) groups excluding carboxylic acids is 1. The minimum absolute atomic E-state index is 0.183. The summed E-state index contributed by atoms with van der Waals surface area (Å²) in [7, 11) is 0. The summed E-state index contributed by atoms with van der Waals surface area (Å²) in [5, 5.41) is 5.76. The maximum Gasteiger partial charge on any atom is 0.315 e. The van der Waals surface area contributed by atoms with Crippen LogP contribution in [0.1, 0.15) is 11.1 Å². The fourth-order valence-corrected chi connectivity index (χ4v) is 2.55. The first-order valence-electron chi connectivity index (χ1n) is 8.23. The van der Waals surface area contributed by atoms with Gasteiger partial charge in [0.25, 0.3) is 0 Å². The second-order valence-corrected chi connectivity index (χ2v) is 5.60. The van der Waals surface area contributed by atoms with Gasteiger partial charge in [-0.25, -0.2) is 4.79 Å². The minimum Gasteiger partial charge on any atom is -0.338 e. The quantitative estimate of drug-likeness (QED) is 0.728. The largest absolute Gasteiger partial charge is 0.338 e. The third kappa shape index (κ3) is 4.88. The van der Waals surface area contributed by atoms with Gasteiger partial charge < -0.3 is 10.6 Å². The predicted octanol–water partition coefficient (Wildman–Crippen LogP) is 3.19. The first-order valence-corrected chi connectivity index (χ1v) is 8.23. The van der Waals surface area contributed by atoms with E-state index in [2.05, 4.69) is 32.7 Å². The van der Waals surface area contributed by atoms with E-state index in [9.17, 15) is 4.79 Å². The summed E-state index contributed by atoms with van der Waals surface area (Å²) < 4.78 is 0. The Morgan fingerprint density at radius 1 is 0.920 bits per heavy atom. The summed E-state index contributed by atoms with van der Waals surface area (Å²) in [6.07, 6.45) is 6.05. The highest BCUT2D eigenvalue weighted by Crippen LogP contribution is 2.19. The summed E-state index contributed by atoms with van der Waals surface area (Å²) in [5.74, 6) is 0. The first kappa shape index (κ1) is 16.6. The van der Waals surface area contributed by atoms with Crippen molar-refractivity contribution in [3.63, 3.8) is 0 Å². The van der Waals surface area contributed by atoms with Gasteiger partial charge in [-0.1, -0.05) is 36.4 Å². The van der Waals surface area contributed by atoms with Crippen LogP contribution in [-0.4, -0.2) is 22.5 Å². The van der Waals surface area contributed by atoms with Gasteiger partial charge in [0, 0.05) is 37.2 Å². The molecule has 0 aliphatic carbocycles. The minimum atomic E-state index is -0.183. The highest BCUT2D eigenvalue weighted by molar-refractivity contribution is 5.74. The fourth-order valence-electron chi connectivity index (χ4n) is 2.55. The van der Waals surface area contributed by atoms with Gasteiger partial charge in [0.1, 0.15) is 0 Å². The zero-order valence-corrected chi connectivity index (χ0v) is 13.9. The highest BCUT2D eigenvalue weighted by Gasteiger charge is 2.07. The van der Waals surface area contributed by atoms with Crippen molar-refractivity contribution in [2.75, 3.05) is 6.54 Å². The van der Waals surface area contributed by atoms with E-state index in [1.165, 1.54) is 5.56 Å². The van der Waals surface area contributed by atoms with Crippen molar-refractivity contribution in [2.24, 2.45) is 0 Å². The maximum absolute atomic E-state index is 12.0. The van der Waals surface area contributed by atoms with E-state index in [4.69, 9.17) is 0 Å². The van der Waals surface area contributed by atoms with Crippen molar-refractivity contribution < 1.29 is 4.79 Å². The monoisotopic (exact) mass is 332 g/mol. The number of aromatic nitrogens is 2. The number of hydrogen-bond donors (Lipinski definition) is 2. The van der Waals surface area contributed by atoms with E-state index in [1.54, 1.807) is 18.6 Å². The SMILES string of the molecule is O=C(NCCc1ccccc1)NCc1cccnc1-c1cccnc1. The van der Waals surface area contributed by atoms with Crippen LogP contribution in [0.4, 0.5) is 4.79 Å². The van der Waals surface area contributed by atoms with Gasteiger partial charge in [-0.15, -0.1) is 0 Å². The van der Waals surface area contributed by atoms with Crippen LogP contribution in [0, 0.1) is 0 Å². The average Bonchev–Trinajstić information content (AvgIpc) is 2.68. The Morgan fingerprint density at radius 2 is 1.76 bits per heavy atom. The van der Waals surface area contributed by atoms with Crippen LogP contribution in [0.25, 0.3) is 11.3 Å². The molecule has 0 aliphatic heterocycles. The van der Waals surface area contributed by atoms with E-state index >= 15 is 0 Å². The molecule has 3 rings (SSSR count). The Labute approximate surface area is 147 Å². The van der Waals surface area contributed by atoms with Crippen LogP contribution in [0.3, 0.4) is 0 Å². The number of hydrogen-bond acceptors (Lipinski definition) is 3. The molecule has 2 heterocycles. The second kappa shape index (κ2) is 8.59. The van der Waals surface area contributed by atoms with Crippen LogP contribution in [-0.2, 0) is 13.0 Å². The highest BCUT2D eigenvalue weighted by atomic mass is 16.2. The smallest absolute Gasteiger partial charge is 0.315 e. The molecule has 126 valence electrons. The van der Waals surface area contributed by atoms with E-state index in [-0.39, 0.29) is 6.03 Å². The van der Waals surface area contributed by atoms with E-state index in [0.29, 0.717) is 13.1 Å². The molecule has 0 atom stereocenters. The number of carbonyl (C=O) groups is 1. The van der Waals surface area contributed by atoms with Gasteiger partial charge in [-0.3, -0.25) is 9.97 Å². The van der Waals surface area contributed by atoms with Crippen LogP contribution in [0.5, 0.6) is 0 Å².